The van der Waals surface area contributed by atoms with E-state index >= 15 is 0 Å². The first-order valence-electron chi connectivity index (χ1n) is 6.57. The number of pyridine rings is 1. The van der Waals surface area contributed by atoms with Crippen molar-refractivity contribution in [3.63, 3.8) is 0 Å². The van der Waals surface area contributed by atoms with E-state index in [2.05, 4.69) is 27.2 Å². The van der Waals surface area contributed by atoms with E-state index in [0.29, 0.717) is 5.82 Å². The van der Waals surface area contributed by atoms with Gasteiger partial charge in [-0.25, -0.2) is 9.97 Å². The number of nitrogens with two attached hydrogens (primary N) is 1. The molecule has 1 fully saturated rings. The molecule has 5 heteroatoms. The summed E-state index contributed by atoms with van der Waals surface area (Å²) in [6.45, 7) is 4.31. The highest BCUT2D eigenvalue weighted by Gasteiger charge is 2.35. The minimum atomic E-state index is 0.119. The van der Waals surface area contributed by atoms with Crippen LogP contribution in [0.2, 0.25) is 0 Å². The molecule has 96 valence electrons. The third-order valence-corrected chi connectivity index (χ3v) is 4.02. The third kappa shape index (κ3) is 1.75. The van der Waals surface area contributed by atoms with Gasteiger partial charge >= 0.3 is 0 Å². The monoisotopic (exact) mass is 245 g/mol. The summed E-state index contributed by atoms with van der Waals surface area (Å²) in [6, 6.07) is 3.76. The number of nitrogens with one attached hydrogen (secondary N) is 2. The number of nitrogens with zero attached hydrogens (tertiary/aromatic N) is 2. The lowest BCUT2D eigenvalue weighted by Gasteiger charge is -2.35. The zero-order chi connectivity index (χ0) is 12.6. The zero-order valence-corrected chi connectivity index (χ0v) is 10.7. The molecule has 18 heavy (non-hydrogen) atoms. The average Bonchev–Trinajstić information content (AvgIpc) is 2.83. The SMILES string of the molecule is CCC1(c2nc3nc(N)ccc3[nH]2)CCCNC1. The molecule has 1 aliphatic heterocycles. The summed E-state index contributed by atoms with van der Waals surface area (Å²) in [5.41, 5.74) is 7.51. The van der Waals surface area contributed by atoms with Crippen molar-refractivity contribution in [2.24, 2.45) is 0 Å². The fraction of sp³-hybridized carbons (Fsp3) is 0.538. The lowest BCUT2D eigenvalue weighted by molar-refractivity contribution is 0.290. The first kappa shape index (κ1) is 11.5. The number of fused-ring (bicyclic) bond motifs is 1. The number of nitrogen functional groups attached to an aromatic ring is 1. The predicted octanol–water partition coefficient (Wildman–Crippen LogP) is 1.57. The Morgan fingerprint density at radius 3 is 3.00 bits per heavy atom. The Morgan fingerprint density at radius 1 is 1.39 bits per heavy atom. The first-order valence-corrected chi connectivity index (χ1v) is 6.57. The van der Waals surface area contributed by atoms with Gasteiger partial charge in [-0.2, -0.15) is 0 Å². The molecule has 0 saturated carbocycles. The highest BCUT2D eigenvalue weighted by atomic mass is 15.0. The molecule has 0 spiro atoms. The lowest BCUT2D eigenvalue weighted by Crippen LogP contribution is -2.43. The highest BCUT2D eigenvalue weighted by Crippen LogP contribution is 2.33. The first-order chi connectivity index (χ1) is 8.73. The highest BCUT2D eigenvalue weighted by molar-refractivity contribution is 5.72. The number of imidazole rings is 1. The van der Waals surface area contributed by atoms with Crippen LogP contribution in [0.3, 0.4) is 0 Å². The van der Waals surface area contributed by atoms with Gasteiger partial charge < -0.3 is 16.0 Å². The van der Waals surface area contributed by atoms with Crippen LogP contribution in [-0.2, 0) is 5.41 Å². The molecule has 0 radical (unpaired) electrons. The Kier molecular flexibility index (Phi) is 2.70. The van der Waals surface area contributed by atoms with Crippen LogP contribution in [0.5, 0.6) is 0 Å². The van der Waals surface area contributed by atoms with Gasteiger partial charge in [-0.1, -0.05) is 6.92 Å². The van der Waals surface area contributed by atoms with E-state index in [1.54, 1.807) is 0 Å². The number of hydrogen-bond acceptors (Lipinski definition) is 4. The van der Waals surface area contributed by atoms with Crippen LogP contribution in [0.4, 0.5) is 5.82 Å². The maximum absolute atomic E-state index is 5.70. The van der Waals surface area contributed by atoms with E-state index in [1.165, 1.54) is 12.8 Å². The van der Waals surface area contributed by atoms with Crippen molar-refractivity contribution in [2.75, 3.05) is 18.8 Å². The standard InChI is InChI=1S/C13H19N5/c1-2-13(6-3-7-15-8-13)12-16-9-4-5-10(14)17-11(9)18-12/h4-5,15H,2-3,6-8H2,1H3,(H3,14,16,17,18). The molecular formula is C13H19N5. The van der Waals surface area contributed by atoms with Crippen molar-refractivity contribution >= 4 is 17.0 Å². The molecule has 2 aromatic heterocycles. The predicted molar refractivity (Wildman–Crippen MR) is 72.4 cm³/mol. The van der Waals surface area contributed by atoms with Gasteiger partial charge in [-0.3, -0.25) is 0 Å². The molecule has 1 unspecified atom stereocenters. The topological polar surface area (TPSA) is 79.6 Å². The van der Waals surface area contributed by atoms with Crippen molar-refractivity contribution in [2.45, 2.75) is 31.6 Å². The van der Waals surface area contributed by atoms with Crippen molar-refractivity contribution in [3.8, 4) is 0 Å². The molecule has 5 nitrogen and oxygen atoms in total. The molecule has 1 aliphatic rings. The van der Waals surface area contributed by atoms with E-state index in [4.69, 9.17) is 5.73 Å². The van der Waals surface area contributed by atoms with Gasteiger partial charge in [0.1, 0.15) is 11.6 Å². The molecule has 0 amide bonds. The largest absolute Gasteiger partial charge is 0.384 e. The van der Waals surface area contributed by atoms with Crippen molar-refractivity contribution < 1.29 is 0 Å². The minimum absolute atomic E-state index is 0.119. The molecule has 4 N–H and O–H groups in total. The van der Waals surface area contributed by atoms with E-state index in [-0.39, 0.29) is 5.41 Å². The summed E-state index contributed by atoms with van der Waals surface area (Å²) in [6.07, 6.45) is 3.45. The smallest absolute Gasteiger partial charge is 0.179 e. The average molecular weight is 245 g/mol. The summed E-state index contributed by atoms with van der Waals surface area (Å²) < 4.78 is 0. The molecule has 3 rings (SSSR count). The van der Waals surface area contributed by atoms with E-state index in [0.717, 1.165) is 36.5 Å². The number of rotatable bonds is 2. The fourth-order valence-corrected chi connectivity index (χ4v) is 2.80. The second kappa shape index (κ2) is 4.24. The van der Waals surface area contributed by atoms with Gasteiger partial charge in [0.05, 0.1) is 5.52 Å². The van der Waals surface area contributed by atoms with Gasteiger partial charge in [0, 0.05) is 12.0 Å². The Balaban J connectivity index is 2.06. The second-order valence-corrected chi connectivity index (χ2v) is 5.11. The van der Waals surface area contributed by atoms with Gasteiger partial charge in [0.2, 0.25) is 0 Å². The van der Waals surface area contributed by atoms with E-state index in [1.807, 2.05) is 12.1 Å². The minimum Gasteiger partial charge on any atom is -0.384 e. The molecular weight excluding hydrogens is 226 g/mol. The fourth-order valence-electron chi connectivity index (χ4n) is 2.80. The molecule has 0 aliphatic carbocycles. The summed E-state index contributed by atoms with van der Waals surface area (Å²) in [5.74, 6) is 1.57. The van der Waals surface area contributed by atoms with Gasteiger partial charge in [0.15, 0.2) is 5.65 Å². The van der Waals surface area contributed by atoms with Crippen LogP contribution >= 0.6 is 0 Å². The van der Waals surface area contributed by atoms with E-state index in [9.17, 15) is 0 Å². The van der Waals surface area contributed by atoms with Crippen LogP contribution in [0.15, 0.2) is 12.1 Å². The number of aromatic amines is 1. The van der Waals surface area contributed by atoms with E-state index < -0.39 is 0 Å². The molecule has 0 bridgehead atoms. The number of anilines is 1. The van der Waals surface area contributed by atoms with Gasteiger partial charge in [0.25, 0.3) is 0 Å². The van der Waals surface area contributed by atoms with Crippen molar-refractivity contribution in [1.29, 1.82) is 0 Å². The normalized spacial score (nSPS) is 24.5. The lowest BCUT2D eigenvalue weighted by atomic mass is 9.77. The quantitative estimate of drug-likeness (QED) is 0.750. The summed E-state index contributed by atoms with van der Waals surface area (Å²) in [4.78, 5) is 12.3. The Labute approximate surface area is 106 Å². The van der Waals surface area contributed by atoms with Crippen LogP contribution in [0.1, 0.15) is 32.0 Å². The van der Waals surface area contributed by atoms with Crippen LogP contribution in [-0.4, -0.2) is 28.0 Å². The third-order valence-electron chi connectivity index (χ3n) is 4.02. The van der Waals surface area contributed by atoms with Gasteiger partial charge in [-0.05, 0) is 37.9 Å². The Bertz CT molecular complexity index is 554. The van der Waals surface area contributed by atoms with Crippen molar-refractivity contribution in [3.05, 3.63) is 18.0 Å². The number of H-pyrrole nitrogens is 1. The maximum Gasteiger partial charge on any atom is 0.179 e. The van der Waals surface area contributed by atoms with Gasteiger partial charge in [-0.15, -0.1) is 0 Å². The molecule has 1 saturated heterocycles. The van der Waals surface area contributed by atoms with Crippen LogP contribution in [0, 0.1) is 0 Å². The zero-order valence-electron chi connectivity index (χ0n) is 10.7. The molecule has 1 atom stereocenters. The van der Waals surface area contributed by atoms with Crippen LogP contribution < -0.4 is 11.1 Å². The number of aromatic nitrogens is 3. The number of hydrogen-bond donors (Lipinski definition) is 3. The molecule has 0 aromatic carbocycles. The Morgan fingerprint density at radius 2 is 2.28 bits per heavy atom. The number of piperidine rings is 1. The van der Waals surface area contributed by atoms with Crippen molar-refractivity contribution in [1.82, 2.24) is 20.3 Å². The summed E-state index contributed by atoms with van der Waals surface area (Å²) >= 11 is 0. The summed E-state index contributed by atoms with van der Waals surface area (Å²) in [7, 11) is 0. The second-order valence-electron chi connectivity index (χ2n) is 5.11. The molecule has 3 heterocycles. The Hall–Kier alpha value is -1.62. The van der Waals surface area contributed by atoms with Crippen LogP contribution in [0.25, 0.3) is 11.2 Å². The maximum atomic E-state index is 5.70. The summed E-state index contributed by atoms with van der Waals surface area (Å²) in [5, 5.41) is 3.48. The molecule has 2 aromatic rings.